The topological polar surface area (TPSA) is 47.8 Å². The zero-order valence-corrected chi connectivity index (χ0v) is 13.6. The number of ketones is 1. The molecule has 1 atom stereocenters. The van der Waals surface area contributed by atoms with Crippen LogP contribution in [0.4, 0.5) is 0 Å². The lowest BCUT2D eigenvalue weighted by atomic mass is 10.1. The summed E-state index contributed by atoms with van der Waals surface area (Å²) in [6.07, 6.45) is 0. The Kier molecular flexibility index (Phi) is 4.09. The molecule has 0 aliphatic rings. The lowest BCUT2D eigenvalue weighted by Crippen LogP contribution is -2.19. The van der Waals surface area contributed by atoms with Crippen LogP contribution in [0.15, 0.2) is 84.9 Å². The molecule has 0 saturated carbocycles. The van der Waals surface area contributed by atoms with Crippen LogP contribution >= 0.6 is 0 Å². The maximum absolute atomic E-state index is 13.1. The molecule has 0 radical (unpaired) electrons. The molecule has 1 aromatic heterocycles. The van der Waals surface area contributed by atoms with Gasteiger partial charge in [0, 0.05) is 5.56 Å². The van der Waals surface area contributed by atoms with Crippen LogP contribution in [0.5, 0.6) is 0 Å². The van der Waals surface area contributed by atoms with Crippen molar-refractivity contribution in [1.29, 1.82) is 0 Å². The van der Waals surface area contributed by atoms with Crippen LogP contribution in [0.1, 0.15) is 21.8 Å². The van der Waals surface area contributed by atoms with Crippen molar-refractivity contribution in [3.8, 4) is 0 Å². The Morgan fingerprint density at radius 1 is 0.840 bits per heavy atom. The molecule has 3 aromatic carbocycles. The number of benzene rings is 3. The first kappa shape index (κ1) is 15.3. The zero-order valence-electron chi connectivity index (χ0n) is 13.6. The first-order valence-corrected chi connectivity index (χ1v) is 8.25. The van der Waals surface area contributed by atoms with Crippen molar-refractivity contribution in [2.75, 3.05) is 0 Å². The van der Waals surface area contributed by atoms with Gasteiger partial charge < -0.3 is 0 Å². The highest BCUT2D eigenvalue weighted by Gasteiger charge is 2.23. The second kappa shape index (κ2) is 6.69. The monoisotopic (exact) mass is 328 g/mol. The quantitative estimate of drug-likeness (QED) is 0.409. The number of nitrogens with zero attached hydrogens (tertiary/aromatic N) is 3. The number of carbonyl (C=O) groups excluding carboxylic acids is 1. The summed E-state index contributed by atoms with van der Waals surface area (Å²) in [5.41, 5.74) is 3.46. The molecule has 4 nitrogen and oxygen atoms in total. The van der Waals surface area contributed by atoms with E-state index >= 15 is 0 Å². The van der Waals surface area contributed by atoms with Crippen molar-refractivity contribution in [3.05, 3.63) is 96.1 Å². The van der Waals surface area contributed by atoms with E-state index in [1.165, 1.54) is 0 Å². The van der Waals surface area contributed by atoms with Crippen molar-refractivity contribution in [1.82, 2.24) is 15.0 Å². The molecule has 0 spiro atoms. The number of hydrogen-bond acceptors (Lipinski definition) is 3. The standard InChI is InChI=1S/C21H17N3O/c25-21(17-11-5-2-6-12-17)18(16-9-3-1-4-10-16)15-24-20-14-8-7-13-19(20)22-23-24/h1-14,18H,15H2/i18+1. The van der Waals surface area contributed by atoms with Crippen LogP contribution in [0.2, 0.25) is 0 Å². The SMILES string of the molecule is O=C(c1ccccc1)[13CH](Cn1nnc2ccccc21)c1ccccc1. The number of carbonyl (C=O) groups is 1. The summed E-state index contributed by atoms with van der Waals surface area (Å²) < 4.78 is 1.81. The van der Waals surface area contributed by atoms with Gasteiger partial charge >= 0.3 is 0 Å². The highest BCUT2D eigenvalue weighted by Crippen LogP contribution is 2.24. The molecule has 0 fully saturated rings. The number of fused-ring (bicyclic) bond motifs is 1. The Bertz CT molecular complexity index is 993. The molecule has 0 amide bonds. The fourth-order valence-electron chi connectivity index (χ4n) is 3.05. The number of Topliss-reactive ketones (excluding diaryl/α,β-unsaturated/α-hetero) is 1. The second-order valence-corrected chi connectivity index (χ2v) is 5.95. The van der Waals surface area contributed by atoms with Gasteiger partial charge in [0.1, 0.15) is 5.52 Å². The van der Waals surface area contributed by atoms with Crippen molar-refractivity contribution >= 4 is 16.8 Å². The molecule has 122 valence electrons. The van der Waals surface area contributed by atoms with Crippen LogP contribution in [0, 0.1) is 0 Å². The third kappa shape index (κ3) is 3.06. The predicted octanol–water partition coefficient (Wildman–Crippen LogP) is 4.10. The summed E-state index contributed by atoms with van der Waals surface area (Å²) >= 11 is 0. The first-order valence-electron chi connectivity index (χ1n) is 8.25. The van der Waals surface area contributed by atoms with Gasteiger partial charge in [-0.15, -0.1) is 5.10 Å². The largest absolute Gasteiger partial charge is 0.293 e. The molecule has 4 aromatic rings. The minimum atomic E-state index is -0.311. The van der Waals surface area contributed by atoms with Gasteiger partial charge in [0.2, 0.25) is 0 Å². The van der Waals surface area contributed by atoms with Gasteiger partial charge in [-0.1, -0.05) is 78.0 Å². The van der Waals surface area contributed by atoms with Crippen LogP contribution < -0.4 is 0 Å². The summed E-state index contributed by atoms with van der Waals surface area (Å²) in [5, 5.41) is 8.45. The number of aromatic nitrogens is 3. The van der Waals surface area contributed by atoms with E-state index in [9.17, 15) is 4.79 Å². The van der Waals surface area contributed by atoms with E-state index in [-0.39, 0.29) is 11.7 Å². The Labute approximate surface area is 145 Å². The lowest BCUT2D eigenvalue weighted by molar-refractivity contribution is 0.0949. The Balaban J connectivity index is 1.74. The van der Waals surface area contributed by atoms with E-state index < -0.39 is 0 Å². The third-order valence-corrected chi connectivity index (χ3v) is 4.35. The summed E-state index contributed by atoms with van der Waals surface area (Å²) in [7, 11) is 0. The van der Waals surface area contributed by atoms with E-state index in [1.807, 2.05) is 89.6 Å². The van der Waals surface area contributed by atoms with E-state index in [4.69, 9.17) is 0 Å². The Hall–Kier alpha value is -3.27. The Morgan fingerprint density at radius 3 is 2.24 bits per heavy atom. The van der Waals surface area contributed by atoms with Gasteiger partial charge in [0.05, 0.1) is 18.0 Å². The van der Waals surface area contributed by atoms with E-state index in [2.05, 4.69) is 10.3 Å². The fraction of sp³-hybridized carbons (Fsp3) is 0.0952. The first-order chi connectivity index (χ1) is 12.3. The predicted molar refractivity (Wildman–Crippen MR) is 97.5 cm³/mol. The second-order valence-electron chi connectivity index (χ2n) is 5.95. The smallest absolute Gasteiger partial charge is 0.172 e. The zero-order chi connectivity index (χ0) is 17.1. The highest BCUT2D eigenvalue weighted by atomic mass is 16.1. The molecule has 1 unspecified atom stereocenters. The fourth-order valence-corrected chi connectivity index (χ4v) is 3.05. The van der Waals surface area contributed by atoms with Crippen LogP contribution in [-0.4, -0.2) is 20.8 Å². The minimum Gasteiger partial charge on any atom is -0.293 e. The third-order valence-electron chi connectivity index (χ3n) is 4.35. The normalized spacial score (nSPS) is 12.2. The highest BCUT2D eigenvalue weighted by molar-refractivity contribution is 6.01. The summed E-state index contributed by atoms with van der Waals surface area (Å²) in [4.78, 5) is 13.1. The molecule has 0 aliphatic heterocycles. The van der Waals surface area contributed by atoms with Crippen molar-refractivity contribution < 1.29 is 4.79 Å². The Morgan fingerprint density at radius 2 is 1.48 bits per heavy atom. The average molecular weight is 328 g/mol. The molecular weight excluding hydrogens is 311 g/mol. The van der Waals surface area contributed by atoms with Crippen molar-refractivity contribution in [2.24, 2.45) is 0 Å². The van der Waals surface area contributed by atoms with Gasteiger partial charge in [0.25, 0.3) is 0 Å². The minimum absolute atomic E-state index is 0.0892. The maximum atomic E-state index is 13.1. The van der Waals surface area contributed by atoms with Crippen LogP contribution in [-0.2, 0) is 6.54 Å². The van der Waals surface area contributed by atoms with Gasteiger partial charge in [-0.2, -0.15) is 0 Å². The van der Waals surface area contributed by atoms with Crippen LogP contribution in [0.25, 0.3) is 11.0 Å². The van der Waals surface area contributed by atoms with E-state index in [0.717, 1.165) is 16.6 Å². The average Bonchev–Trinajstić information content (AvgIpc) is 3.10. The summed E-state index contributed by atoms with van der Waals surface area (Å²) in [6.45, 7) is 0.457. The maximum Gasteiger partial charge on any atom is 0.172 e. The number of rotatable bonds is 5. The van der Waals surface area contributed by atoms with E-state index in [1.54, 1.807) is 0 Å². The molecule has 0 aliphatic carbocycles. The summed E-state index contributed by atoms with van der Waals surface area (Å²) in [6, 6.07) is 27.1. The number of hydrogen-bond donors (Lipinski definition) is 0. The molecular formula is C21H17N3O. The molecule has 0 bridgehead atoms. The molecule has 1 heterocycles. The van der Waals surface area contributed by atoms with E-state index in [0.29, 0.717) is 12.1 Å². The number of para-hydroxylation sites is 1. The van der Waals surface area contributed by atoms with Crippen LogP contribution in [0.3, 0.4) is 0 Å². The molecule has 4 heteroatoms. The van der Waals surface area contributed by atoms with Gasteiger partial charge in [-0.25, -0.2) is 4.68 Å². The molecule has 0 saturated heterocycles. The van der Waals surface area contributed by atoms with Crippen molar-refractivity contribution in [3.63, 3.8) is 0 Å². The van der Waals surface area contributed by atoms with Crippen molar-refractivity contribution in [2.45, 2.75) is 12.5 Å². The molecule has 0 N–H and O–H groups in total. The van der Waals surface area contributed by atoms with Gasteiger partial charge in [-0.3, -0.25) is 4.79 Å². The van der Waals surface area contributed by atoms with Gasteiger partial charge in [0.15, 0.2) is 5.78 Å². The lowest BCUT2D eigenvalue weighted by Gasteiger charge is -2.17. The van der Waals surface area contributed by atoms with Gasteiger partial charge in [-0.05, 0) is 17.7 Å². The summed E-state index contributed by atoms with van der Waals surface area (Å²) in [5.74, 6) is -0.222. The molecule has 4 rings (SSSR count). The molecule has 25 heavy (non-hydrogen) atoms.